The van der Waals surface area contributed by atoms with Crippen LogP contribution in [0.2, 0.25) is 0 Å². The first-order valence-electron chi connectivity index (χ1n) is 16.8. The van der Waals surface area contributed by atoms with Crippen molar-refractivity contribution in [3.63, 3.8) is 0 Å². The average Bonchev–Trinajstić information content (AvgIpc) is 3.14. The molecule has 10 nitrogen and oxygen atoms in total. The van der Waals surface area contributed by atoms with Crippen LogP contribution in [-0.4, -0.2) is 80.2 Å². The van der Waals surface area contributed by atoms with Crippen molar-refractivity contribution in [3.05, 3.63) is 131 Å². The van der Waals surface area contributed by atoms with E-state index in [2.05, 4.69) is 33.4 Å². The molecule has 0 heterocycles. The molecule has 50 heavy (non-hydrogen) atoms. The van der Waals surface area contributed by atoms with Crippen LogP contribution < -0.4 is 30.7 Å². The van der Waals surface area contributed by atoms with Gasteiger partial charge in [0.05, 0.1) is 0 Å². The number of aliphatic hydroxyl groups is 2. The summed E-state index contributed by atoms with van der Waals surface area (Å²) in [5, 5.41) is 32.6. The van der Waals surface area contributed by atoms with E-state index in [-0.39, 0.29) is 32.5 Å². The van der Waals surface area contributed by atoms with Gasteiger partial charge in [0.2, 0.25) is 0 Å². The van der Waals surface area contributed by atoms with E-state index in [1.165, 1.54) is 5.56 Å². The molecule has 4 aromatic rings. The van der Waals surface area contributed by atoms with Crippen LogP contribution in [0, 0.1) is 0 Å². The van der Waals surface area contributed by atoms with Gasteiger partial charge in [-0.15, -0.1) is 0 Å². The molecule has 0 saturated carbocycles. The first kappa shape index (κ1) is 39.7. The second-order valence-electron chi connectivity index (χ2n) is 11.8. The van der Waals surface area contributed by atoms with E-state index in [0.29, 0.717) is 68.2 Å². The third-order valence-electron chi connectivity index (χ3n) is 7.66. The summed E-state index contributed by atoms with van der Waals surface area (Å²) in [4.78, 5) is 25.0. The van der Waals surface area contributed by atoms with E-state index < -0.39 is 12.2 Å². The molecule has 0 spiro atoms. The number of nitrogens with one attached hydrogen (secondary N) is 4. The molecule has 4 aromatic carbocycles. The fraction of sp³-hybridized carbons (Fsp3) is 0.350. The highest BCUT2D eigenvalue weighted by Gasteiger charge is 2.10. The summed E-state index contributed by atoms with van der Waals surface area (Å²) in [5.41, 5.74) is 3.43. The zero-order valence-electron chi connectivity index (χ0n) is 27.9. The lowest BCUT2D eigenvalue weighted by Gasteiger charge is -2.14. The van der Waals surface area contributed by atoms with Crippen LogP contribution >= 0.6 is 0 Å². The largest absolute Gasteiger partial charge is 0.491 e. The smallest absolute Gasteiger partial charge is 0.251 e. The van der Waals surface area contributed by atoms with Gasteiger partial charge in [-0.25, -0.2) is 0 Å². The lowest BCUT2D eigenvalue weighted by Crippen LogP contribution is -2.32. The molecule has 6 N–H and O–H groups in total. The van der Waals surface area contributed by atoms with E-state index in [4.69, 9.17) is 9.47 Å². The zero-order valence-corrected chi connectivity index (χ0v) is 27.9. The minimum absolute atomic E-state index is 0. The van der Waals surface area contributed by atoms with Gasteiger partial charge in [-0.2, -0.15) is 0 Å². The SMILES string of the molecule is C.O=C(NCCCCNC(=O)c1ccc(OCC(O)CNCc2ccccc2)cc1)c1ccc(OCC(O)CNCCc2ccccc2)cc1. The van der Waals surface area contributed by atoms with Crippen LogP contribution in [0.15, 0.2) is 109 Å². The minimum atomic E-state index is -0.661. The lowest BCUT2D eigenvalue weighted by atomic mass is 10.1. The monoisotopic (exact) mass is 684 g/mol. The molecule has 2 unspecified atom stereocenters. The highest BCUT2D eigenvalue weighted by atomic mass is 16.5. The predicted octanol–water partition coefficient (Wildman–Crippen LogP) is 4.36. The zero-order chi connectivity index (χ0) is 34.5. The molecule has 4 rings (SSSR count). The van der Waals surface area contributed by atoms with Crippen LogP contribution in [0.25, 0.3) is 0 Å². The van der Waals surface area contributed by atoms with Crippen molar-refractivity contribution < 1.29 is 29.3 Å². The Morgan fingerprint density at radius 3 is 1.48 bits per heavy atom. The van der Waals surface area contributed by atoms with Gasteiger partial charge < -0.3 is 41.0 Å². The Balaban J connectivity index is 0.00000676. The number of hydrogen-bond donors (Lipinski definition) is 6. The number of benzene rings is 4. The summed E-state index contributed by atoms with van der Waals surface area (Å²) >= 11 is 0. The quantitative estimate of drug-likeness (QED) is 0.0672. The Morgan fingerprint density at radius 2 is 1.00 bits per heavy atom. The second kappa shape index (κ2) is 22.8. The summed E-state index contributed by atoms with van der Waals surface area (Å²) in [6, 6.07) is 33.8. The van der Waals surface area contributed by atoms with Crippen LogP contribution in [0.4, 0.5) is 0 Å². The van der Waals surface area contributed by atoms with Crippen LogP contribution in [-0.2, 0) is 13.0 Å². The molecule has 268 valence electrons. The van der Waals surface area contributed by atoms with Gasteiger partial charge in [-0.3, -0.25) is 9.59 Å². The normalized spacial score (nSPS) is 11.9. The molecule has 0 aliphatic rings. The van der Waals surface area contributed by atoms with Gasteiger partial charge in [0.1, 0.15) is 36.9 Å². The Hall–Kier alpha value is -4.74. The first-order chi connectivity index (χ1) is 24.0. The van der Waals surface area contributed by atoms with Gasteiger partial charge in [0.25, 0.3) is 11.8 Å². The van der Waals surface area contributed by atoms with E-state index in [9.17, 15) is 19.8 Å². The fourth-order valence-electron chi connectivity index (χ4n) is 4.89. The summed E-state index contributed by atoms with van der Waals surface area (Å²) < 4.78 is 11.3. The van der Waals surface area contributed by atoms with E-state index in [1.807, 2.05) is 48.5 Å². The molecule has 2 atom stereocenters. The Morgan fingerprint density at radius 1 is 0.560 bits per heavy atom. The number of hydrogen-bond acceptors (Lipinski definition) is 8. The summed E-state index contributed by atoms with van der Waals surface area (Å²) in [5.74, 6) is 0.791. The standard InChI is InChI=1S/C39H48N4O6.CH4/c44-34(26-40-24-21-30-9-3-1-4-10-30)28-48-36-17-13-32(14-18-36)38(46)42-22-7-8-23-43-39(47)33-15-19-37(20-16-33)49-29-35(45)27-41-25-31-11-5-2-6-12-31;/h1-6,9-20,34-35,40-41,44-45H,7-8,21-29H2,(H,42,46)(H,43,47);1H4. The van der Waals surface area contributed by atoms with Gasteiger partial charge in [0, 0.05) is 43.9 Å². The maximum Gasteiger partial charge on any atom is 0.251 e. The predicted molar refractivity (Wildman–Crippen MR) is 198 cm³/mol. The van der Waals surface area contributed by atoms with E-state index >= 15 is 0 Å². The molecule has 0 fully saturated rings. The Kier molecular flexibility index (Phi) is 18.1. The topological polar surface area (TPSA) is 141 Å². The number of carbonyl (C=O) groups is 2. The molecule has 0 radical (unpaired) electrons. The molecule has 0 bridgehead atoms. The van der Waals surface area contributed by atoms with Gasteiger partial charge in [-0.1, -0.05) is 68.1 Å². The van der Waals surface area contributed by atoms with Crippen molar-refractivity contribution in [2.24, 2.45) is 0 Å². The van der Waals surface area contributed by atoms with Crippen molar-refractivity contribution >= 4 is 11.8 Å². The third kappa shape index (κ3) is 15.2. The maximum absolute atomic E-state index is 12.5. The van der Waals surface area contributed by atoms with Crippen molar-refractivity contribution in [1.29, 1.82) is 0 Å². The van der Waals surface area contributed by atoms with Crippen molar-refractivity contribution in [1.82, 2.24) is 21.3 Å². The molecule has 2 amide bonds. The molecule has 0 aromatic heterocycles. The lowest BCUT2D eigenvalue weighted by molar-refractivity contribution is 0.0939. The van der Waals surface area contributed by atoms with Crippen LogP contribution in [0.1, 0.15) is 52.1 Å². The molecule has 0 saturated heterocycles. The summed E-state index contributed by atoms with van der Waals surface area (Å²) in [6.45, 7) is 3.54. The van der Waals surface area contributed by atoms with Gasteiger partial charge in [-0.05, 0) is 85.5 Å². The second-order valence-corrected chi connectivity index (χ2v) is 11.8. The fourth-order valence-corrected chi connectivity index (χ4v) is 4.89. The minimum Gasteiger partial charge on any atom is -0.491 e. The first-order valence-corrected chi connectivity index (χ1v) is 16.8. The molecule has 10 heteroatoms. The van der Waals surface area contributed by atoms with Crippen LogP contribution in [0.3, 0.4) is 0 Å². The number of rotatable bonds is 22. The molecule has 0 aliphatic heterocycles. The van der Waals surface area contributed by atoms with Crippen LogP contribution in [0.5, 0.6) is 11.5 Å². The highest BCUT2D eigenvalue weighted by molar-refractivity contribution is 5.94. The van der Waals surface area contributed by atoms with Gasteiger partial charge >= 0.3 is 0 Å². The average molecular weight is 685 g/mol. The van der Waals surface area contributed by atoms with E-state index in [0.717, 1.165) is 18.5 Å². The Bertz CT molecular complexity index is 1500. The Labute approximate surface area is 296 Å². The van der Waals surface area contributed by atoms with Crippen molar-refractivity contribution in [2.45, 2.75) is 45.4 Å². The number of ether oxygens (including phenoxy) is 2. The van der Waals surface area contributed by atoms with Crippen molar-refractivity contribution in [2.75, 3.05) is 45.9 Å². The number of carbonyl (C=O) groups excluding carboxylic acids is 2. The maximum atomic E-state index is 12.5. The van der Waals surface area contributed by atoms with Gasteiger partial charge in [0.15, 0.2) is 0 Å². The summed E-state index contributed by atoms with van der Waals surface area (Å²) in [7, 11) is 0. The summed E-state index contributed by atoms with van der Waals surface area (Å²) in [6.07, 6.45) is 1.00. The number of amides is 2. The number of unbranched alkanes of at least 4 members (excludes halogenated alkanes) is 1. The molecule has 0 aliphatic carbocycles. The third-order valence-corrected chi connectivity index (χ3v) is 7.66. The van der Waals surface area contributed by atoms with E-state index in [1.54, 1.807) is 48.5 Å². The number of aliphatic hydroxyl groups excluding tert-OH is 2. The molecular formula is C40H52N4O6. The van der Waals surface area contributed by atoms with Crippen molar-refractivity contribution in [3.8, 4) is 11.5 Å². The molecular weight excluding hydrogens is 632 g/mol. The highest BCUT2D eigenvalue weighted by Crippen LogP contribution is 2.14.